The van der Waals surface area contributed by atoms with Crippen LogP contribution in [0.2, 0.25) is 5.02 Å². The van der Waals surface area contributed by atoms with E-state index in [1.54, 1.807) is 24.5 Å². The van der Waals surface area contributed by atoms with Crippen molar-refractivity contribution in [2.45, 2.75) is 57.5 Å². The second-order valence-corrected chi connectivity index (χ2v) is 9.68. The van der Waals surface area contributed by atoms with Crippen molar-refractivity contribution in [3.05, 3.63) is 22.7 Å². The third kappa shape index (κ3) is 6.30. The molecule has 1 saturated carbocycles. The van der Waals surface area contributed by atoms with Gasteiger partial charge in [-0.15, -0.1) is 11.3 Å². The number of anilines is 2. The first-order chi connectivity index (χ1) is 15.1. The second kappa shape index (κ2) is 10.6. The van der Waals surface area contributed by atoms with Gasteiger partial charge in [-0.2, -0.15) is 0 Å². The SMILES string of the molecule is CC(=O)NC1CCC(Nc2cc(-c3csc(NCC4CCOCC4)n3)c(Cl)cn2)CC1. The molecule has 1 aliphatic heterocycles. The molecule has 1 saturated heterocycles. The maximum atomic E-state index is 11.2. The van der Waals surface area contributed by atoms with Crippen molar-refractivity contribution < 1.29 is 9.53 Å². The monoisotopic (exact) mass is 463 g/mol. The molecule has 3 heterocycles. The molecule has 2 aromatic rings. The Kier molecular flexibility index (Phi) is 7.63. The Bertz CT molecular complexity index is 879. The summed E-state index contributed by atoms with van der Waals surface area (Å²) in [6, 6.07) is 2.62. The predicted octanol–water partition coefficient (Wildman–Crippen LogP) is 4.56. The van der Waals surface area contributed by atoms with E-state index in [4.69, 9.17) is 21.3 Å². The molecular formula is C22H30ClN5O2S. The number of pyridine rings is 1. The highest BCUT2D eigenvalue weighted by molar-refractivity contribution is 7.14. The third-order valence-corrected chi connectivity index (χ3v) is 7.11. The van der Waals surface area contributed by atoms with Crippen LogP contribution in [0.25, 0.3) is 11.3 Å². The number of amides is 1. The van der Waals surface area contributed by atoms with Crippen molar-refractivity contribution in [2.24, 2.45) is 5.92 Å². The van der Waals surface area contributed by atoms with Crippen LogP contribution in [0.3, 0.4) is 0 Å². The molecule has 9 heteroatoms. The van der Waals surface area contributed by atoms with Crippen molar-refractivity contribution in [3.63, 3.8) is 0 Å². The molecule has 0 spiro atoms. The van der Waals surface area contributed by atoms with Crippen molar-refractivity contribution in [1.29, 1.82) is 0 Å². The summed E-state index contributed by atoms with van der Waals surface area (Å²) in [5, 5.41) is 13.6. The highest BCUT2D eigenvalue weighted by Crippen LogP contribution is 2.33. The standard InChI is InChI=1S/C22H30ClN5O2S/c1-14(29)26-16-2-4-17(5-3-16)27-21-10-18(19(23)12-24-21)20-13-31-22(28-20)25-11-15-6-8-30-9-7-15/h10,12-13,15-17H,2-9,11H2,1H3,(H,24,27)(H,25,28)(H,26,29). The van der Waals surface area contributed by atoms with Gasteiger partial charge in [0.2, 0.25) is 5.91 Å². The molecule has 0 unspecified atom stereocenters. The van der Waals surface area contributed by atoms with Crippen LogP contribution in [-0.4, -0.2) is 47.7 Å². The van der Waals surface area contributed by atoms with Crippen molar-refractivity contribution in [2.75, 3.05) is 30.4 Å². The van der Waals surface area contributed by atoms with Crippen molar-refractivity contribution in [1.82, 2.24) is 15.3 Å². The third-order valence-electron chi connectivity index (χ3n) is 6.00. The summed E-state index contributed by atoms with van der Waals surface area (Å²) in [6.07, 6.45) is 7.85. The zero-order chi connectivity index (χ0) is 21.6. The van der Waals surface area contributed by atoms with Crippen LogP contribution >= 0.6 is 22.9 Å². The Morgan fingerprint density at radius 2 is 1.94 bits per heavy atom. The molecule has 3 N–H and O–H groups in total. The van der Waals surface area contributed by atoms with E-state index in [1.165, 1.54) is 0 Å². The smallest absolute Gasteiger partial charge is 0.217 e. The summed E-state index contributed by atoms with van der Waals surface area (Å²) in [5.74, 6) is 1.50. The maximum Gasteiger partial charge on any atom is 0.217 e. The molecule has 1 amide bonds. The second-order valence-electron chi connectivity index (χ2n) is 8.42. The van der Waals surface area contributed by atoms with Crippen molar-refractivity contribution in [3.8, 4) is 11.3 Å². The summed E-state index contributed by atoms with van der Waals surface area (Å²) in [5.41, 5.74) is 1.76. The molecule has 2 aromatic heterocycles. The first kappa shape index (κ1) is 22.3. The maximum absolute atomic E-state index is 11.2. The number of hydrogen-bond acceptors (Lipinski definition) is 7. The molecule has 4 rings (SSSR count). The number of thiazole rings is 1. The average molecular weight is 464 g/mol. The first-order valence-corrected chi connectivity index (χ1v) is 12.3. The van der Waals surface area contributed by atoms with Gasteiger partial charge < -0.3 is 20.7 Å². The Morgan fingerprint density at radius 1 is 1.19 bits per heavy atom. The van der Waals surface area contributed by atoms with E-state index < -0.39 is 0 Å². The number of halogens is 1. The van der Waals surface area contributed by atoms with Crippen LogP contribution in [0.4, 0.5) is 10.9 Å². The minimum Gasteiger partial charge on any atom is -0.381 e. The number of nitrogens with zero attached hydrogens (tertiary/aromatic N) is 2. The van der Waals surface area contributed by atoms with Gasteiger partial charge in [-0.3, -0.25) is 4.79 Å². The van der Waals surface area contributed by atoms with Crippen LogP contribution in [0.1, 0.15) is 45.4 Å². The molecule has 31 heavy (non-hydrogen) atoms. The zero-order valence-electron chi connectivity index (χ0n) is 17.8. The van der Waals surface area contributed by atoms with E-state index in [0.717, 1.165) is 80.5 Å². The normalized spacial score (nSPS) is 22.1. The topological polar surface area (TPSA) is 88.2 Å². The van der Waals surface area contributed by atoms with Gasteiger partial charge in [-0.1, -0.05) is 11.6 Å². The first-order valence-electron chi connectivity index (χ1n) is 11.0. The molecular weight excluding hydrogens is 434 g/mol. The molecule has 2 fully saturated rings. The minimum atomic E-state index is 0.0466. The van der Waals surface area contributed by atoms with E-state index in [1.807, 2.05) is 11.4 Å². The molecule has 2 aliphatic rings. The van der Waals surface area contributed by atoms with Gasteiger partial charge in [0.15, 0.2) is 5.13 Å². The van der Waals surface area contributed by atoms with Crippen LogP contribution < -0.4 is 16.0 Å². The number of hydrogen-bond donors (Lipinski definition) is 3. The van der Waals surface area contributed by atoms with Crippen LogP contribution in [0.5, 0.6) is 0 Å². The Balaban J connectivity index is 1.35. The van der Waals surface area contributed by atoms with Crippen molar-refractivity contribution >= 4 is 39.8 Å². The predicted molar refractivity (Wildman–Crippen MR) is 126 cm³/mol. The van der Waals surface area contributed by atoms with Gasteiger partial charge in [-0.05, 0) is 50.5 Å². The Morgan fingerprint density at radius 3 is 2.68 bits per heavy atom. The van der Waals surface area contributed by atoms with E-state index in [0.29, 0.717) is 17.0 Å². The number of aromatic nitrogens is 2. The number of ether oxygens (including phenoxy) is 1. The zero-order valence-corrected chi connectivity index (χ0v) is 19.4. The van der Waals surface area contributed by atoms with Gasteiger partial charge in [0.1, 0.15) is 5.82 Å². The van der Waals surface area contributed by atoms with Crippen LogP contribution in [0.15, 0.2) is 17.6 Å². The highest BCUT2D eigenvalue weighted by atomic mass is 35.5. The van der Waals surface area contributed by atoms with Gasteiger partial charge in [-0.25, -0.2) is 9.97 Å². The lowest BCUT2D eigenvalue weighted by Crippen LogP contribution is -2.39. The van der Waals surface area contributed by atoms with E-state index in [9.17, 15) is 4.79 Å². The van der Waals surface area contributed by atoms with Gasteiger partial charge >= 0.3 is 0 Å². The molecule has 0 radical (unpaired) electrons. The number of carbonyl (C=O) groups excluding carboxylic acids is 1. The number of nitrogens with one attached hydrogen (secondary N) is 3. The Hall–Kier alpha value is -1.90. The molecule has 168 valence electrons. The fraction of sp³-hybridized carbons (Fsp3) is 0.591. The molecule has 1 aliphatic carbocycles. The van der Waals surface area contributed by atoms with Crippen LogP contribution in [0, 0.1) is 5.92 Å². The van der Waals surface area contributed by atoms with Crippen LogP contribution in [-0.2, 0) is 9.53 Å². The van der Waals surface area contributed by atoms with Gasteiger partial charge in [0, 0.05) is 55.9 Å². The van der Waals surface area contributed by atoms with Gasteiger partial charge in [0.25, 0.3) is 0 Å². The quantitative estimate of drug-likeness (QED) is 0.558. The summed E-state index contributed by atoms with van der Waals surface area (Å²) in [6.45, 7) is 4.21. The highest BCUT2D eigenvalue weighted by Gasteiger charge is 2.22. The lowest BCUT2D eigenvalue weighted by Gasteiger charge is -2.29. The fourth-order valence-electron chi connectivity index (χ4n) is 4.25. The lowest BCUT2D eigenvalue weighted by atomic mass is 9.91. The fourth-order valence-corrected chi connectivity index (χ4v) is 5.17. The average Bonchev–Trinajstić information content (AvgIpc) is 3.24. The minimum absolute atomic E-state index is 0.0466. The molecule has 0 atom stereocenters. The molecule has 0 aromatic carbocycles. The molecule has 7 nitrogen and oxygen atoms in total. The van der Waals surface area contributed by atoms with E-state index in [-0.39, 0.29) is 11.9 Å². The molecule has 0 bridgehead atoms. The Labute approximate surface area is 192 Å². The lowest BCUT2D eigenvalue weighted by molar-refractivity contribution is -0.119. The summed E-state index contributed by atoms with van der Waals surface area (Å²) in [4.78, 5) is 20.5. The summed E-state index contributed by atoms with van der Waals surface area (Å²) in [7, 11) is 0. The largest absolute Gasteiger partial charge is 0.381 e. The van der Waals surface area contributed by atoms with Gasteiger partial charge in [0.05, 0.1) is 10.7 Å². The number of carbonyl (C=O) groups is 1. The summed E-state index contributed by atoms with van der Waals surface area (Å²) < 4.78 is 5.43. The van der Waals surface area contributed by atoms with E-state index in [2.05, 4.69) is 20.9 Å². The summed E-state index contributed by atoms with van der Waals surface area (Å²) >= 11 is 8.05. The number of rotatable bonds is 7. The van der Waals surface area contributed by atoms with E-state index >= 15 is 0 Å².